The van der Waals surface area contributed by atoms with E-state index in [1.807, 2.05) is 0 Å². The smallest absolute Gasteiger partial charge is 0.394 e. The van der Waals surface area contributed by atoms with Crippen LogP contribution in [-0.2, 0) is 17.4 Å². The Balaban J connectivity index is 1.92. The molecular formula is C22H21F3N2O3. The van der Waals surface area contributed by atoms with E-state index in [0.29, 0.717) is 22.0 Å². The fourth-order valence-corrected chi connectivity index (χ4v) is 3.28. The standard InChI is InChI=1S/C22H21F3N2O3/c1-13-6-7-18-17(8-9-27(21(18)30)14(2)12-28)20(13)26-19(29)11-15-4-3-5-16(10-15)22(23,24)25/h3-10,14,28H,11-12H2,1-2H3,(H,26,29)/t14-/m1/s1. The predicted molar refractivity (Wildman–Crippen MR) is 109 cm³/mol. The van der Waals surface area contributed by atoms with Crippen molar-refractivity contribution in [3.05, 3.63) is 75.7 Å². The molecule has 2 N–H and O–H groups in total. The lowest BCUT2D eigenvalue weighted by atomic mass is 10.0. The number of aromatic nitrogens is 1. The number of nitrogens with zero attached hydrogens (tertiary/aromatic N) is 1. The van der Waals surface area contributed by atoms with Crippen LogP contribution >= 0.6 is 0 Å². The molecule has 0 saturated carbocycles. The third kappa shape index (κ3) is 4.38. The van der Waals surface area contributed by atoms with Crippen molar-refractivity contribution >= 4 is 22.4 Å². The highest BCUT2D eigenvalue weighted by Crippen LogP contribution is 2.30. The van der Waals surface area contributed by atoms with Gasteiger partial charge in [-0.15, -0.1) is 0 Å². The molecule has 1 atom stereocenters. The molecule has 5 nitrogen and oxygen atoms in total. The topological polar surface area (TPSA) is 71.3 Å². The van der Waals surface area contributed by atoms with Crippen molar-refractivity contribution in [3.63, 3.8) is 0 Å². The van der Waals surface area contributed by atoms with E-state index < -0.39 is 23.7 Å². The monoisotopic (exact) mass is 418 g/mol. The first-order valence-electron chi connectivity index (χ1n) is 9.33. The number of fused-ring (bicyclic) bond motifs is 1. The molecule has 3 rings (SSSR count). The van der Waals surface area contributed by atoms with Crippen molar-refractivity contribution in [1.29, 1.82) is 0 Å². The van der Waals surface area contributed by atoms with Gasteiger partial charge in [-0.1, -0.05) is 24.3 Å². The van der Waals surface area contributed by atoms with Crippen LogP contribution in [0.2, 0.25) is 0 Å². The second kappa shape index (κ2) is 8.31. The number of aryl methyl sites for hydroxylation is 1. The SMILES string of the molecule is Cc1ccc2c(=O)n([C@H](C)CO)ccc2c1NC(=O)Cc1cccc(C(F)(F)F)c1. The number of benzene rings is 2. The van der Waals surface area contributed by atoms with Crippen LogP contribution in [0.5, 0.6) is 0 Å². The highest BCUT2D eigenvalue weighted by molar-refractivity contribution is 6.03. The number of halogens is 3. The van der Waals surface area contributed by atoms with E-state index in [-0.39, 0.29) is 24.2 Å². The minimum absolute atomic E-state index is 0.197. The van der Waals surface area contributed by atoms with E-state index in [2.05, 4.69) is 5.32 Å². The van der Waals surface area contributed by atoms with Crippen LogP contribution in [0.4, 0.5) is 18.9 Å². The predicted octanol–water partition coefficient (Wildman–Crippen LogP) is 4.06. The fraction of sp³-hybridized carbons (Fsp3) is 0.273. The van der Waals surface area contributed by atoms with Crippen LogP contribution < -0.4 is 10.9 Å². The molecule has 0 aliphatic carbocycles. The first-order valence-corrected chi connectivity index (χ1v) is 9.33. The molecule has 0 radical (unpaired) electrons. The molecule has 1 heterocycles. The Morgan fingerprint density at radius 2 is 1.90 bits per heavy atom. The van der Waals surface area contributed by atoms with Crippen LogP contribution in [0.1, 0.15) is 29.7 Å². The van der Waals surface area contributed by atoms with Gasteiger partial charge in [0, 0.05) is 17.0 Å². The second-order valence-electron chi connectivity index (χ2n) is 7.20. The number of aliphatic hydroxyl groups excluding tert-OH is 1. The first kappa shape index (κ1) is 21.6. The van der Waals surface area contributed by atoms with Gasteiger partial charge in [-0.25, -0.2) is 0 Å². The van der Waals surface area contributed by atoms with Gasteiger partial charge in [-0.3, -0.25) is 9.59 Å². The Morgan fingerprint density at radius 3 is 2.57 bits per heavy atom. The van der Waals surface area contributed by atoms with Gasteiger partial charge in [0.2, 0.25) is 5.91 Å². The summed E-state index contributed by atoms with van der Waals surface area (Å²) in [7, 11) is 0. The molecule has 2 aromatic carbocycles. The molecule has 1 aromatic heterocycles. The average molecular weight is 418 g/mol. The maximum absolute atomic E-state index is 12.9. The average Bonchev–Trinajstić information content (AvgIpc) is 2.69. The van der Waals surface area contributed by atoms with Crippen molar-refractivity contribution in [2.45, 2.75) is 32.5 Å². The molecule has 0 fully saturated rings. The van der Waals surface area contributed by atoms with Crippen LogP contribution in [0.15, 0.2) is 53.5 Å². The molecule has 0 unspecified atom stereocenters. The largest absolute Gasteiger partial charge is 0.416 e. The van der Waals surface area contributed by atoms with Gasteiger partial charge in [-0.2, -0.15) is 13.2 Å². The number of pyridine rings is 1. The minimum Gasteiger partial charge on any atom is -0.394 e. The number of hydrogen-bond acceptors (Lipinski definition) is 3. The summed E-state index contributed by atoms with van der Waals surface area (Å²) in [5, 5.41) is 13.0. The number of nitrogens with one attached hydrogen (secondary N) is 1. The molecule has 30 heavy (non-hydrogen) atoms. The Morgan fingerprint density at radius 1 is 1.17 bits per heavy atom. The van der Waals surface area contributed by atoms with Gasteiger partial charge in [-0.05, 0) is 43.2 Å². The molecule has 8 heteroatoms. The lowest BCUT2D eigenvalue weighted by Crippen LogP contribution is -2.25. The van der Waals surface area contributed by atoms with Crippen LogP contribution in [0, 0.1) is 6.92 Å². The maximum atomic E-state index is 12.9. The number of amides is 1. The van der Waals surface area contributed by atoms with Crippen molar-refractivity contribution in [1.82, 2.24) is 4.57 Å². The Kier molecular flexibility index (Phi) is 5.98. The number of carbonyl (C=O) groups excluding carboxylic acids is 1. The molecule has 0 bridgehead atoms. The molecule has 1 amide bonds. The first-order chi connectivity index (χ1) is 14.1. The van der Waals surface area contributed by atoms with Gasteiger partial charge < -0.3 is 15.0 Å². The summed E-state index contributed by atoms with van der Waals surface area (Å²) in [4.78, 5) is 25.3. The van der Waals surface area contributed by atoms with Crippen molar-refractivity contribution in [2.24, 2.45) is 0 Å². The number of anilines is 1. The quantitative estimate of drug-likeness (QED) is 0.656. The van der Waals surface area contributed by atoms with E-state index in [9.17, 15) is 27.9 Å². The normalized spacial score (nSPS) is 12.7. The van der Waals surface area contributed by atoms with E-state index in [0.717, 1.165) is 12.1 Å². The van der Waals surface area contributed by atoms with Gasteiger partial charge in [0.15, 0.2) is 0 Å². The van der Waals surface area contributed by atoms with E-state index in [4.69, 9.17) is 0 Å². The molecule has 3 aromatic rings. The molecular weight excluding hydrogens is 397 g/mol. The van der Waals surface area contributed by atoms with Crippen LogP contribution in [0.25, 0.3) is 10.8 Å². The zero-order chi connectivity index (χ0) is 22.1. The van der Waals surface area contributed by atoms with Crippen molar-refractivity contribution in [3.8, 4) is 0 Å². The summed E-state index contributed by atoms with van der Waals surface area (Å²) < 4.78 is 40.1. The van der Waals surface area contributed by atoms with E-state index in [1.165, 1.54) is 16.7 Å². The molecule has 0 saturated heterocycles. The lowest BCUT2D eigenvalue weighted by Gasteiger charge is -2.16. The van der Waals surface area contributed by atoms with E-state index >= 15 is 0 Å². The second-order valence-corrected chi connectivity index (χ2v) is 7.20. The third-order valence-electron chi connectivity index (χ3n) is 4.94. The zero-order valence-electron chi connectivity index (χ0n) is 16.5. The van der Waals surface area contributed by atoms with Crippen LogP contribution in [0.3, 0.4) is 0 Å². The highest BCUT2D eigenvalue weighted by Gasteiger charge is 2.30. The maximum Gasteiger partial charge on any atom is 0.416 e. The third-order valence-corrected chi connectivity index (χ3v) is 4.94. The lowest BCUT2D eigenvalue weighted by molar-refractivity contribution is -0.137. The fourth-order valence-electron chi connectivity index (χ4n) is 3.28. The molecule has 0 aliphatic rings. The summed E-state index contributed by atoms with van der Waals surface area (Å²) in [5.74, 6) is -0.488. The minimum atomic E-state index is -4.48. The number of aliphatic hydroxyl groups is 1. The summed E-state index contributed by atoms with van der Waals surface area (Å²) in [6.45, 7) is 3.28. The number of rotatable bonds is 5. The van der Waals surface area contributed by atoms with Crippen molar-refractivity contribution in [2.75, 3.05) is 11.9 Å². The van der Waals surface area contributed by atoms with Gasteiger partial charge in [0.05, 0.1) is 30.3 Å². The summed E-state index contributed by atoms with van der Waals surface area (Å²) >= 11 is 0. The molecule has 0 spiro atoms. The number of alkyl halides is 3. The Hall–Kier alpha value is -3.13. The van der Waals surface area contributed by atoms with E-state index in [1.54, 1.807) is 38.2 Å². The summed E-state index contributed by atoms with van der Waals surface area (Å²) in [6, 6.07) is 9.24. The van der Waals surface area contributed by atoms with Gasteiger partial charge in [0.1, 0.15) is 0 Å². The Labute approximate surface area is 170 Å². The highest BCUT2D eigenvalue weighted by atomic mass is 19.4. The molecule has 0 aliphatic heterocycles. The Bertz CT molecular complexity index is 1150. The summed E-state index contributed by atoms with van der Waals surface area (Å²) in [6.07, 6.45) is -3.17. The van der Waals surface area contributed by atoms with Gasteiger partial charge >= 0.3 is 6.18 Å². The van der Waals surface area contributed by atoms with Crippen molar-refractivity contribution < 1.29 is 23.1 Å². The van der Waals surface area contributed by atoms with Crippen LogP contribution in [-0.4, -0.2) is 22.2 Å². The number of carbonyl (C=O) groups is 1. The number of hydrogen-bond donors (Lipinski definition) is 2. The zero-order valence-corrected chi connectivity index (χ0v) is 16.5. The summed E-state index contributed by atoms with van der Waals surface area (Å²) in [5.41, 5.74) is 0.270. The van der Waals surface area contributed by atoms with Gasteiger partial charge in [0.25, 0.3) is 5.56 Å². The molecule has 158 valence electrons.